The first-order valence-corrected chi connectivity index (χ1v) is 6.32. The molecular weight excluding hydrogens is 239 g/mol. The summed E-state index contributed by atoms with van der Waals surface area (Å²) in [6.45, 7) is 0. The molecule has 100 valence electrons. The van der Waals surface area contributed by atoms with Crippen molar-refractivity contribution in [2.75, 3.05) is 0 Å². The smallest absolute Gasteiger partial charge is 0.327 e. The lowest BCUT2D eigenvalue weighted by Crippen LogP contribution is -2.50. The van der Waals surface area contributed by atoms with Crippen molar-refractivity contribution >= 4 is 0 Å². The number of alkyl halides is 3. The van der Waals surface area contributed by atoms with Crippen LogP contribution in [0, 0.1) is 0 Å². The second-order valence-electron chi connectivity index (χ2n) is 5.14. The molecule has 0 heterocycles. The van der Waals surface area contributed by atoms with Crippen LogP contribution < -0.4 is 5.73 Å². The standard InChI is InChI=1S/C14H18F3N/c15-14(16,17)10-7-12(18)13(8-4-9-13)11-5-2-1-3-6-11/h1-3,5-6,12H,4,7-10,18H2. The average Bonchev–Trinajstić information content (AvgIpc) is 2.25. The molecule has 2 rings (SSSR count). The molecule has 0 saturated heterocycles. The molecule has 1 aromatic carbocycles. The lowest BCUT2D eigenvalue weighted by Gasteiger charge is -2.47. The van der Waals surface area contributed by atoms with E-state index in [0.29, 0.717) is 0 Å². The van der Waals surface area contributed by atoms with Crippen LogP contribution in [0.15, 0.2) is 30.3 Å². The highest BCUT2D eigenvalue weighted by atomic mass is 19.4. The van der Waals surface area contributed by atoms with Crippen LogP contribution in [0.3, 0.4) is 0 Å². The predicted octanol–water partition coefficient (Wildman–Crippen LogP) is 3.78. The van der Waals surface area contributed by atoms with Crippen molar-refractivity contribution in [1.29, 1.82) is 0 Å². The molecule has 1 nitrogen and oxygen atoms in total. The van der Waals surface area contributed by atoms with Crippen LogP contribution in [-0.2, 0) is 5.41 Å². The van der Waals surface area contributed by atoms with Gasteiger partial charge in [-0.25, -0.2) is 0 Å². The highest BCUT2D eigenvalue weighted by Crippen LogP contribution is 2.47. The zero-order valence-corrected chi connectivity index (χ0v) is 10.2. The van der Waals surface area contributed by atoms with E-state index in [1.807, 2.05) is 30.3 Å². The summed E-state index contributed by atoms with van der Waals surface area (Å²) >= 11 is 0. The SMILES string of the molecule is NC(CCC(F)(F)F)C1(c2ccccc2)CCC1. The third-order valence-corrected chi connectivity index (χ3v) is 4.04. The van der Waals surface area contributed by atoms with Gasteiger partial charge < -0.3 is 5.73 Å². The van der Waals surface area contributed by atoms with E-state index in [2.05, 4.69) is 0 Å². The molecule has 4 heteroatoms. The Bertz CT molecular complexity index is 382. The molecule has 1 atom stereocenters. The number of benzene rings is 1. The molecule has 0 radical (unpaired) electrons. The summed E-state index contributed by atoms with van der Waals surface area (Å²) < 4.78 is 36.8. The van der Waals surface area contributed by atoms with Crippen LogP contribution in [0.4, 0.5) is 13.2 Å². The van der Waals surface area contributed by atoms with Gasteiger partial charge in [0.25, 0.3) is 0 Å². The van der Waals surface area contributed by atoms with Crippen molar-refractivity contribution < 1.29 is 13.2 Å². The molecule has 1 saturated carbocycles. The molecule has 0 aromatic heterocycles. The second kappa shape index (κ2) is 4.92. The minimum Gasteiger partial charge on any atom is -0.327 e. The van der Waals surface area contributed by atoms with E-state index in [-0.39, 0.29) is 11.8 Å². The van der Waals surface area contributed by atoms with E-state index in [0.717, 1.165) is 24.8 Å². The third-order valence-electron chi connectivity index (χ3n) is 4.04. The first kappa shape index (κ1) is 13.4. The summed E-state index contributed by atoms with van der Waals surface area (Å²) in [7, 11) is 0. The Morgan fingerprint density at radius 3 is 2.22 bits per heavy atom. The quantitative estimate of drug-likeness (QED) is 0.872. The summed E-state index contributed by atoms with van der Waals surface area (Å²) in [4.78, 5) is 0. The van der Waals surface area contributed by atoms with Crippen molar-refractivity contribution in [2.45, 2.75) is 49.7 Å². The van der Waals surface area contributed by atoms with E-state index in [9.17, 15) is 13.2 Å². The average molecular weight is 257 g/mol. The second-order valence-corrected chi connectivity index (χ2v) is 5.14. The van der Waals surface area contributed by atoms with Gasteiger partial charge in [0.2, 0.25) is 0 Å². The molecule has 1 aliphatic carbocycles. The minimum absolute atomic E-state index is 0.0123. The van der Waals surface area contributed by atoms with Crippen LogP contribution in [0.5, 0.6) is 0 Å². The zero-order valence-electron chi connectivity index (χ0n) is 10.2. The molecule has 1 fully saturated rings. The maximum atomic E-state index is 12.3. The Balaban J connectivity index is 2.08. The number of rotatable bonds is 4. The van der Waals surface area contributed by atoms with Crippen molar-refractivity contribution in [3.63, 3.8) is 0 Å². The molecule has 18 heavy (non-hydrogen) atoms. The van der Waals surface area contributed by atoms with E-state index in [1.165, 1.54) is 0 Å². The molecule has 0 spiro atoms. The summed E-state index contributed by atoms with van der Waals surface area (Å²) in [5.41, 5.74) is 6.91. The molecule has 1 unspecified atom stereocenters. The maximum absolute atomic E-state index is 12.3. The van der Waals surface area contributed by atoms with Crippen LogP contribution in [0.1, 0.15) is 37.7 Å². The van der Waals surface area contributed by atoms with Gasteiger partial charge in [-0.05, 0) is 24.8 Å². The monoisotopic (exact) mass is 257 g/mol. The van der Waals surface area contributed by atoms with Gasteiger partial charge in [0.1, 0.15) is 0 Å². The minimum atomic E-state index is -4.11. The van der Waals surface area contributed by atoms with Crippen LogP contribution >= 0.6 is 0 Å². The van der Waals surface area contributed by atoms with Crippen LogP contribution in [-0.4, -0.2) is 12.2 Å². The Hall–Kier alpha value is -1.03. The van der Waals surface area contributed by atoms with Gasteiger partial charge in [0.15, 0.2) is 0 Å². The summed E-state index contributed by atoms with van der Waals surface area (Å²) in [6.07, 6.45) is -2.04. The van der Waals surface area contributed by atoms with Gasteiger partial charge in [-0.15, -0.1) is 0 Å². The van der Waals surface area contributed by atoms with Gasteiger partial charge in [-0.1, -0.05) is 36.8 Å². The van der Waals surface area contributed by atoms with Crippen molar-refractivity contribution in [3.05, 3.63) is 35.9 Å². The lowest BCUT2D eigenvalue weighted by molar-refractivity contribution is -0.137. The van der Waals surface area contributed by atoms with Crippen LogP contribution in [0.2, 0.25) is 0 Å². The predicted molar refractivity (Wildman–Crippen MR) is 65.2 cm³/mol. The number of halogens is 3. The van der Waals surface area contributed by atoms with Gasteiger partial charge in [-0.3, -0.25) is 0 Å². The molecule has 0 amide bonds. The molecule has 1 aliphatic rings. The van der Waals surface area contributed by atoms with E-state index in [1.54, 1.807) is 0 Å². The van der Waals surface area contributed by atoms with Crippen molar-refractivity contribution in [1.82, 2.24) is 0 Å². The largest absolute Gasteiger partial charge is 0.389 e. The highest BCUT2D eigenvalue weighted by Gasteiger charge is 2.44. The Labute approximate surface area is 105 Å². The lowest BCUT2D eigenvalue weighted by atomic mass is 9.59. The van der Waals surface area contributed by atoms with Gasteiger partial charge >= 0.3 is 6.18 Å². The molecule has 2 N–H and O–H groups in total. The van der Waals surface area contributed by atoms with Gasteiger partial charge in [0, 0.05) is 17.9 Å². The third kappa shape index (κ3) is 2.69. The number of nitrogens with two attached hydrogens (primary N) is 1. The first-order chi connectivity index (χ1) is 8.44. The Morgan fingerprint density at radius 2 is 1.78 bits per heavy atom. The fraction of sp³-hybridized carbons (Fsp3) is 0.571. The normalized spacial score (nSPS) is 20.2. The summed E-state index contributed by atoms with van der Waals surface area (Å²) in [5, 5.41) is 0. The Kier molecular flexibility index (Phi) is 3.66. The first-order valence-electron chi connectivity index (χ1n) is 6.32. The van der Waals surface area contributed by atoms with E-state index < -0.39 is 18.6 Å². The fourth-order valence-corrected chi connectivity index (χ4v) is 2.80. The highest BCUT2D eigenvalue weighted by molar-refractivity contribution is 5.30. The van der Waals surface area contributed by atoms with Crippen LogP contribution in [0.25, 0.3) is 0 Å². The maximum Gasteiger partial charge on any atom is 0.389 e. The van der Waals surface area contributed by atoms with Crippen molar-refractivity contribution in [2.24, 2.45) is 5.73 Å². The molecule has 0 bridgehead atoms. The van der Waals surface area contributed by atoms with Crippen molar-refractivity contribution in [3.8, 4) is 0 Å². The summed E-state index contributed by atoms with van der Waals surface area (Å²) in [6, 6.07) is 9.31. The fourth-order valence-electron chi connectivity index (χ4n) is 2.80. The molecular formula is C14H18F3N. The van der Waals surface area contributed by atoms with Gasteiger partial charge in [-0.2, -0.15) is 13.2 Å². The number of hydrogen-bond donors (Lipinski definition) is 1. The zero-order chi connectivity index (χ0) is 13.2. The van der Waals surface area contributed by atoms with E-state index in [4.69, 9.17) is 5.73 Å². The molecule has 0 aliphatic heterocycles. The summed E-state index contributed by atoms with van der Waals surface area (Å²) in [5.74, 6) is 0. The Morgan fingerprint density at radius 1 is 1.17 bits per heavy atom. The molecule has 1 aromatic rings. The number of hydrogen-bond acceptors (Lipinski definition) is 1. The van der Waals surface area contributed by atoms with Gasteiger partial charge in [0.05, 0.1) is 0 Å². The topological polar surface area (TPSA) is 26.0 Å². The van der Waals surface area contributed by atoms with E-state index >= 15 is 0 Å².